The molecule has 0 saturated carbocycles. The number of aliphatic hydroxyl groups excluding tert-OH is 5. The summed E-state index contributed by atoms with van der Waals surface area (Å²) in [4.78, 5) is 0. The van der Waals surface area contributed by atoms with Crippen LogP contribution in [-0.2, 0) is 0 Å². The Kier molecular flexibility index (Phi) is 6.13. The van der Waals surface area contributed by atoms with Crippen LogP contribution in [0, 0.1) is 0 Å². The van der Waals surface area contributed by atoms with E-state index < -0.39 is 31.0 Å². The van der Waals surface area contributed by atoms with Gasteiger partial charge in [0.15, 0.2) is 0 Å². The van der Waals surface area contributed by atoms with Crippen LogP contribution in [0.5, 0.6) is 0 Å². The number of hydrogen-bond donors (Lipinski definition) is 6. The molecule has 0 bridgehead atoms. The van der Waals surface area contributed by atoms with E-state index >= 15 is 0 Å². The quantitative estimate of drug-likeness (QED) is 0.264. The molecule has 0 heterocycles. The van der Waals surface area contributed by atoms with Crippen molar-refractivity contribution in [2.24, 2.45) is 0 Å². The first-order valence-corrected chi connectivity index (χ1v) is 4.02. The Morgan fingerprint density at radius 2 is 1.46 bits per heavy atom. The molecule has 0 spiro atoms. The van der Waals surface area contributed by atoms with Crippen molar-refractivity contribution < 1.29 is 25.5 Å². The molecule has 6 nitrogen and oxygen atoms in total. The standard InChI is InChI=1S/C7H17NO5/c1-8-2-4(10)6(12)7(13)5(11)3-9/h4-13H,2-3H2,1H3/t4?,5-,6?,7?/m0/s1. The summed E-state index contributed by atoms with van der Waals surface area (Å²) in [6.45, 7) is -0.569. The normalized spacial score (nSPS) is 20.8. The fourth-order valence-electron chi connectivity index (χ4n) is 0.893. The Morgan fingerprint density at radius 3 is 1.85 bits per heavy atom. The molecule has 0 rings (SSSR count). The lowest BCUT2D eigenvalue weighted by Gasteiger charge is -2.25. The van der Waals surface area contributed by atoms with Gasteiger partial charge in [-0.3, -0.25) is 0 Å². The van der Waals surface area contributed by atoms with Crippen LogP contribution in [0.2, 0.25) is 0 Å². The van der Waals surface area contributed by atoms with Crippen LogP contribution in [0.4, 0.5) is 0 Å². The van der Waals surface area contributed by atoms with Gasteiger partial charge in [0, 0.05) is 6.54 Å². The molecule has 0 aromatic carbocycles. The molecule has 3 unspecified atom stereocenters. The van der Waals surface area contributed by atoms with Gasteiger partial charge < -0.3 is 30.8 Å². The lowest BCUT2D eigenvalue weighted by atomic mass is 10.0. The van der Waals surface area contributed by atoms with Crippen LogP contribution in [0.1, 0.15) is 0 Å². The van der Waals surface area contributed by atoms with Crippen LogP contribution >= 0.6 is 0 Å². The molecule has 6 N–H and O–H groups in total. The van der Waals surface area contributed by atoms with Gasteiger partial charge in [0.1, 0.15) is 18.3 Å². The van der Waals surface area contributed by atoms with E-state index in [-0.39, 0.29) is 6.54 Å². The van der Waals surface area contributed by atoms with Crippen molar-refractivity contribution in [3.8, 4) is 0 Å². The zero-order valence-corrected chi connectivity index (χ0v) is 7.46. The second-order valence-corrected chi connectivity index (χ2v) is 2.86. The SMILES string of the molecule is CNCC(O)C(O)C(O)[C@@H](O)CO. The summed E-state index contributed by atoms with van der Waals surface area (Å²) >= 11 is 0. The van der Waals surface area contributed by atoms with Gasteiger partial charge in [-0.05, 0) is 7.05 Å². The van der Waals surface area contributed by atoms with Gasteiger partial charge in [-0.1, -0.05) is 0 Å². The van der Waals surface area contributed by atoms with E-state index in [9.17, 15) is 5.11 Å². The van der Waals surface area contributed by atoms with Gasteiger partial charge in [0.25, 0.3) is 0 Å². The summed E-state index contributed by atoms with van der Waals surface area (Å²) in [5, 5.41) is 47.5. The highest BCUT2D eigenvalue weighted by Crippen LogP contribution is 2.04. The molecule has 0 aliphatic rings. The largest absolute Gasteiger partial charge is 0.394 e. The van der Waals surface area contributed by atoms with Crippen molar-refractivity contribution in [1.82, 2.24) is 5.32 Å². The Hall–Kier alpha value is -0.240. The maximum absolute atomic E-state index is 9.21. The summed E-state index contributed by atoms with van der Waals surface area (Å²) in [7, 11) is 1.57. The minimum Gasteiger partial charge on any atom is -0.394 e. The predicted molar refractivity (Wildman–Crippen MR) is 45.0 cm³/mol. The first-order valence-electron chi connectivity index (χ1n) is 4.02. The molecule has 0 amide bonds. The summed E-state index contributed by atoms with van der Waals surface area (Å²) in [5.41, 5.74) is 0. The highest BCUT2D eigenvalue weighted by molar-refractivity contribution is 4.81. The van der Waals surface area contributed by atoms with Gasteiger partial charge in [-0.15, -0.1) is 0 Å². The molecule has 0 radical (unpaired) electrons. The topological polar surface area (TPSA) is 113 Å². The third-order valence-corrected chi connectivity index (χ3v) is 1.74. The average Bonchev–Trinajstić information content (AvgIpc) is 2.14. The van der Waals surface area contributed by atoms with Crippen LogP contribution in [0.15, 0.2) is 0 Å². The molecule has 4 atom stereocenters. The highest BCUT2D eigenvalue weighted by atomic mass is 16.4. The molecule has 0 aromatic heterocycles. The Morgan fingerprint density at radius 1 is 1.00 bits per heavy atom. The van der Waals surface area contributed by atoms with E-state index in [4.69, 9.17) is 20.4 Å². The number of nitrogens with one attached hydrogen (secondary N) is 1. The molecular formula is C7H17NO5. The second kappa shape index (κ2) is 6.25. The van der Waals surface area contributed by atoms with Crippen LogP contribution in [0.25, 0.3) is 0 Å². The molecule has 6 heteroatoms. The van der Waals surface area contributed by atoms with Crippen LogP contribution < -0.4 is 5.32 Å². The first kappa shape index (κ1) is 12.8. The summed E-state index contributed by atoms with van der Waals surface area (Å²) in [6.07, 6.45) is -5.65. The van der Waals surface area contributed by atoms with E-state index in [1.54, 1.807) is 7.05 Å². The highest BCUT2D eigenvalue weighted by Gasteiger charge is 2.29. The molecular weight excluding hydrogens is 178 g/mol. The minimum atomic E-state index is -1.55. The Balaban J connectivity index is 3.99. The van der Waals surface area contributed by atoms with E-state index in [0.717, 1.165) is 0 Å². The monoisotopic (exact) mass is 195 g/mol. The van der Waals surface area contributed by atoms with Crippen LogP contribution in [0.3, 0.4) is 0 Å². The molecule has 13 heavy (non-hydrogen) atoms. The van der Waals surface area contributed by atoms with E-state index in [0.29, 0.717) is 0 Å². The summed E-state index contributed by atoms with van der Waals surface area (Å²) < 4.78 is 0. The van der Waals surface area contributed by atoms with Gasteiger partial charge in [-0.2, -0.15) is 0 Å². The van der Waals surface area contributed by atoms with Crippen molar-refractivity contribution in [3.63, 3.8) is 0 Å². The van der Waals surface area contributed by atoms with Gasteiger partial charge in [-0.25, -0.2) is 0 Å². The number of hydrogen-bond acceptors (Lipinski definition) is 6. The average molecular weight is 195 g/mol. The summed E-state index contributed by atoms with van der Waals surface area (Å²) in [5.74, 6) is 0. The van der Waals surface area contributed by atoms with Crippen molar-refractivity contribution in [3.05, 3.63) is 0 Å². The zero-order chi connectivity index (χ0) is 10.4. The molecule has 0 fully saturated rings. The third-order valence-electron chi connectivity index (χ3n) is 1.74. The van der Waals surface area contributed by atoms with Crippen LogP contribution in [-0.4, -0.2) is 70.1 Å². The fraction of sp³-hybridized carbons (Fsp3) is 1.00. The van der Waals surface area contributed by atoms with Gasteiger partial charge in [0.2, 0.25) is 0 Å². The minimum absolute atomic E-state index is 0.0936. The Labute approximate surface area is 76.4 Å². The lowest BCUT2D eigenvalue weighted by molar-refractivity contribution is -0.113. The first-order chi connectivity index (χ1) is 6.04. The number of likely N-dealkylation sites (N-methyl/N-ethyl adjacent to an activating group) is 1. The van der Waals surface area contributed by atoms with Gasteiger partial charge >= 0.3 is 0 Å². The molecule has 0 saturated heterocycles. The van der Waals surface area contributed by atoms with E-state index in [1.807, 2.05) is 0 Å². The zero-order valence-electron chi connectivity index (χ0n) is 7.46. The fourth-order valence-corrected chi connectivity index (χ4v) is 0.893. The summed E-state index contributed by atoms with van der Waals surface area (Å²) in [6, 6.07) is 0. The van der Waals surface area contributed by atoms with E-state index in [2.05, 4.69) is 5.32 Å². The second-order valence-electron chi connectivity index (χ2n) is 2.86. The predicted octanol–water partition coefficient (Wildman–Crippen LogP) is -3.36. The number of aliphatic hydroxyl groups is 5. The maximum atomic E-state index is 9.21. The molecule has 0 aliphatic carbocycles. The van der Waals surface area contributed by atoms with Crippen molar-refractivity contribution in [1.29, 1.82) is 0 Å². The lowest BCUT2D eigenvalue weighted by Crippen LogP contribution is -2.48. The maximum Gasteiger partial charge on any atom is 0.111 e. The molecule has 0 aromatic rings. The number of rotatable bonds is 6. The van der Waals surface area contributed by atoms with Crippen molar-refractivity contribution >= 4 is 0 Å². The van der Waals surface area contributed by atoms with Crippen molar-refractivity contribution in [2.45, 2.75) is 24.4 Å². The van der Waals surface area contributed by atoms with Gasteiger partial charge in [0.05, 0.1) is 12.7 Å². The smallest absolute Gasteiger partial charge is 0.111 e. The Bertz CT molecular complexity index is 134. The van der Waals surface area contributed by atoms with E-state index in [1.165, 1.54) is 0 Å². The van der Waals surface area contributed by atoms with Crippen molar-refractivity contribution in [2.75, 3.05) is 20.2 Å². The molecule has 0 aliphatic heterocycles. The molecule has 80 valence electrons. The third kappa shape index (κ3) is 3.99.